The Kier molecular flexibility index (Phi) is 10.4. The number of ether oxygens (including phenoxy) is 1. The molecule has 1 aliphatic carbocycles. The molecule has 0 radical (unpaired) electrons. The lowest BCUT2D eigenvalue weighted by molar-refractivity contribution is -0.140. The van der Waals surface area contributed by atoms with Gasteiger partial charge in [0.25, 0.3) is 0 Å². The highest BCUT2D eigenvalue weighted by Gasteiger charge is 2.43. The van der Waals surface area contributed by atoms with Crippen LogP contribution in [-0.2, 0) is 36.0 Å². The Morgan fingerprint density at radius 1 is 0.979 bits per heavy atom. The Labute approximate surface area is 270 Å². The van der Waals surface area contributed by atoms with Crippen LogP contribution in [0.5, 0.6) is 0 Å². The zero-order valence-electron chi connectivity index (χ0n) is 26.7. The van der Waals surface area contributed by atoms with E-state index in [-0.39, 0.29) is 54.2 Å². The number of hydrogen-bond acceptors (Lipinski definition) is 7. The Bertz CT molecular complexity index is 1530. The first-order valence-corrected chi connectivity index (χ1v) is 15.9. The summed E-state index contributed by atoms with van der Waals surface area (Å²) in [5.74, 6) is -0.571. The van der Waals surface area contributed by atoms with E-state index in [4.69, 9.17) is 9.84 Å². The number of anilines is 1. The molecule has 1 saturated heterocycles. The topological polar surface area (TPSA) is 114 Å². The highest BCUT2D eigenvalue weighted by atomic mass is 19.4. The first-order chi connectivity index (χ1) is 22.4. The van der Waals surface area contributed by atoms with Gasteiger partial charge in [-0.05, 0) is 67.7 Å². The second-order valence-electron chi connectivity index (χ2n) is 12.6. The molecule has 0 bridgehead atoms. The van der Waals surface area contributed by atoms with E-state index in [2.05, 4.69) is 15.1 Å². The van der Waals surface area contributed by atoms with E-state index in [0.29, 0.717) is 44.5 Å². The Morgan fingerprint density at radius 3 is 2.15 bits per heavy atom. The van der Waals surface area contributed by atoms with Gasteiger partial charge in [-0.2, -0.15) is 18.3 Å². The van der Waals surface area contributed by atoms with Crippen LogP contribution < -0.4 is 4.90 Å². The SMILES string of the molecule is CC[C@@H]1C[C@H](N(Cc2cc(CF)cc(C(F)(F)F)c2)c2ncc(-c3cnn(C)c3)cn2)C[C@H](CC)N1C(=O)OC1CC(CC(=O)O)C1. The third kappa shape index (κ3) is 8.02. The summed E-state index contributed by atoms with van der Waals surface area (Å²) in [6.45, 7) is 2.89. The molecule has 254 valence electrons. The number of benzene rings is 1. The number of carboxylic acid groups (broad SMARTS) is 1. The molecule has 3 atom stereocenters. The van der Waals surface area contributed by atoms with Crippen LogP contribution in [0.15, 0.2) is 43.0 Å². The monoisotopic (exact) mass is 660 g/mol. The van der Waals surface area contributed by atoms with Gasteiger partial charge in [0.2, 0.25) is 5.95 Å². The fourth-order valence-corrected chi connectivity index (χ4v) is 6.76. The van der Waals surface area contributed by atoms with Crippen molar-refractivity contribution in [3.05, 3.63) is 59.7 Å². The van der Waals surface area contributed by atoms with E-state index in [0.717, 1.165) is 23.3 Å². The molecular formula is C33H40F4N6O4. The number of carbonyl (C=O) groups is 2. The van der Waals surface area contributed by atoms with Crippen molar-refractivity contribution in [2.75, 3.05) is 4.90 Å². The van der Waals surface area contributed by atoms with Crippen LogP contribution in [0.2, 0.25) is 0 Å². The molecule has 1 saturated carbocycles. The number of nitrogens with zero attached hydrogens (tertiary/aromatic N) is 6. The second-order valence-corrected chi connectivity index (χ2v) is 12.6. The van der Waals surface area contributed by atoms with Gasteiger partial charge in [0, 0.05) is 67.9 Å². The predicted molar refractivity (Wildman–Crippen MR) is 165 cm³/mol. The summed E-state index contributed by atoms with van der Waals surface area (Å²) in [5, 5.41) is 13.2. The lowest BCUT2D eigenvalue weighted by Gasteiger charge is -2.48. The van der Waals surface area contributed by atoms with Crippen LogP contribution in [0.25, 0.3) is 11.1 Å². The van der Waals surface area contributed by atoms with Crippen molar-refractivity contribution >= 4 is 18.0 Å². The number of alkyl halides is 4. The molecule has 5 rings (SSSR count). The summed E-state index contributed by atoms with van der Waals surface area (Å²) < 4.78 is 62.5. The predicted octanol–water partition coefficient (Wildman–Crippen LogP) is 6.78. The third-order valence-electron chi connectivity index (χ3n) is 9.21. The van der Waals surface area contributed by atoms with Crippen molar-refractivity contribution in [3.8, 4) is 11.1 Å². The summed E-state index contributed by atoms with van der Waals surface area (Å²) in [6.07, 6.45) is 4.64. The molecule has 1 N–H and O–H groups in total. The van der Waals surface area contributed by atoms with Crippen molar-refractivity contribution in [1.29, 1.82) is 0 Å². The average Bonchev–Trinajstić information content (AvgIpc) is 3.47. The van der Waals surface area contributed by atoms with E-state index in [1.54, 1.807) is 35.2 Å². The summed E-state index contributed by atoms with van der Waals surface area (Å²) in [7, 11) is 1.79. The number of amides is 1. The quantitative estimate of drug-likeness (QED) is 0.224. The van der Waals surface area contributed by atoms with E-state index in [1.165, 1.54) is 6.07 Å². The molecule has 2 fully saturated rings. The van der Waals surface area contributed by atoms with E-state index in [9.17, 15) is 27.2 Å². The van der Waals surface area contributed by atoms with Gasteiger partial charge >= 0.3 is 18.2 Å². The number of halogens is 4. The minimum Gasteiger partial charge on any atom is -0.481 e. The fourth-order valence-electron chi connectivity index (χ4n) is 6.76. The van der Waals surface area contributed by atoms with E-state index >= 15 is 0 Å². The summed E-state index contributed by atoms with van der Waals surface area (Å²) in [6, 6.07) is 2.56. The first kappa shape index (κ1) is 34.1. The molecule has 3 heterocycles. The molecule has 1 aromatic carbocycles. The van der Waals surface area contributed by atoms with Crippen molar-refractivity contribution in [2.24, 2.45) is 13.0 Å². The van der Waals surface area contributed by atoms with Crippen LogP contribution in [0.4, 0.5) is 28.3 Å². The molecule has 2 aromatic heterocycles. The maximum absolute atomic E-state index is 13.8. The van der Waals surface area contributed by atoms with Gasteiger partial charge in [-0.1, -0.05) is 19.9 Å². The second kappa shape index (κ2) is 14.3. The summed E-state index contributed by atoms with van der Waals surface area (Å²) >= 11 is 0. The number of aromatic nitrogens is 4. The Morgan fingerprint density at radius 2 is 1.62 bits per heavy atom. The maximum atomic E-state index is 13.8. The molecule has 47 heavy (non-hydrogen) atoms. The number of likely N-dealkylation sites (tertiary alicyclic amines) is 1. The molecule has 3 aromatic rings. The molecule has 1 aliphatic heterocycles. The lowest BCUT2D eigenvalue weighted by Crippen LogP contribution is -2.57. The van der Waals surface area contributed by atoms with Crippen molar-refractivity contribution in [3.63, 3.8) is 0 Å². The van der Waals surface area contributed by atoms with Gasteiger partial charge in [0.15, 0.2) is 0 Å². The van der Waals surface area contributed by atoms with Crippen LogP contribution in [0.1, 0.15) is 75.5 Å². The van der Waals surface area contributed by atoms with Gasteiger partial charge in [0.1, 0.15) is 12.8 Å². The highest BCUT2D eigenvalue weighted by molar-refractivity contribution is 5.70. The standard InChI is InChI=1S/C33H40F4N6O4/c1-4-26-12-28(13-27(5-2)43(26)32(46)47-29-9-20(10-29)11-30(44)45)42(18-22-6-21(14-34)7-25(8-22)33(35,36)37)31-38-15-23(16-39-31)24-17-40-41(3)19-24/h6-8,15-17,19-20,26-29H,4-5,9-14,18H2,1-3H3,(H,44,45)/t20?,26-,27+,28+,29?. The minimum absolute atomic E-state index is 0.00180. The molecule has 14 heteroatoms. The van der Waals surface area contributed by atoms with E-state index < -0.39 is 30.5 Å². The van der Waals surface area contributed by atoms with E-state index in [1.807, 2.05) is 24.9 Å². The average molecular weight is 661 g/mol. The Balaban J connectivity index is 1.42. The smallest absolute Gasteiger partial charge is 0.416 e. The lowest BCUT2D eigenvalue weighted by atomic mass is 9.80. The zero-order valence-corrected chi connectivity index (χ0v) is 26.7. The molecule has 1 amide bonds. The maximum Gasteiger partial charge on any atom is 0.416 e. The number of carboxylic acids is 1. The Hall–Kier alpha value is -4.23. The zero-order chi connectivity index (χ0) is 33.9. The largest absolute Gasteiger partial charge is 0.481 e. The van der Waals surface area contributed by atoms with Crippen molar-refractivity contribution in [2.45, 2.75) is 102 Å². The van der Waals surface area contributed by atoms with Crippen LogP contribution in [0.3, 0.4) is 0 Å². The highest BCUT2D eigenvalue weighted by Crippen LogP contribution is 2.37. The van der Waals surface area contributed by atoms with Crippen LogP contribution in [0, 0.1) is 5.92 Å². The van der Waals surface area contributed by atoms with Gasteiger partial charge in [-0.3, -0.25) is 9.48 Å². The van der Waals surface area contributed by atoms with Crippen molar-refractivity contribution in [1.82, 2.24) is 24.6 Å². The van der Waals surface area contributed by atoms with Gasteiger partial charge in [0.05, 0.1) is 11.8 Å². The number of carbonyl (C=O) groups excluding carboxylic acids is 1. The fraction of sp³-hybridized carbons (Fsp3) is 0.545. The summed E-state index contributed by atoms with van der Waals surface area (Å²) in [4.78, 5) is 37.4. The van der Waals surface area contributed by atoms with Crippen LogP contribution >= 0.6 is 0 Å². The molecule has 10 nitrogen and oxygen atoms in total. The molecular weight excluding hydrogens is 620 g/mol. The number of rotatable bonds is 11. The summed E-state index contributed by atoms with van der Waals surface area (Å²) in [5.41, 5.74) is 0.807. The van der Waals surface area contributed by atoms with Crippen LogP contribution in [-0.4, -0.2) is 66.0 Å². The number of hydrogen-bond donors (Lipinski definition) is 1. The van der Waals surface area contributed by atoms with Gasteiger partial charge < -0.3 is 19.6 Å². The molecule has 0 spiro atoms. The number of aryl methyl sites for hydroxylation is 1. The normalized spacial score (nSPS) is 22.9. The van der Waals surface area contributed by atoms with Gasteiger partial charge in [-0.25, -0.2) is 19.2 Å². The third-order valence-corrected chi connectivity index (χ3v) is 9.21. The minimum atomic E-state index is -4.65. The van der Waals surface area contributed by atoms with Crippen molar-refractivity contribution < 1.29 is 37.0 Å². The van der Waals surface area contributed by atoms with Gasteiger partial charge in [-0.15, -0.1) is 0 Å². The first-order valence-electron chi connectivity index (χ1n) is 15.9. The number of aliphatic carboxylic acids is 1. The molecule has 2 aliphatic rings. The molecule has 0 unspecified atom stereocenters. The number of piperidine rings is 1.